The van der Waals surface area contributed by atoms with E-state index in [4.69, 9.17) is 4.74 Å². The number of amides is 1. The standard InChI is InChI=1S/C23H25FN2O5S/c1-31-23(28)19-6-2-3-7-21(19)32(29,30)25-13-10-17(11-14-25)22(27)26-12-4-5-16-8-9-18(24)15-20(16)26/h2-3,6-9,15,17H,4-5,10-14H2,1H3. The number of nitrogens with zero attached hydrogens (tertiary/aromatic N) is 2. The topological polar surface area (TPSA) is 84.0 Å². The number of methoxy groups -OCH3 is 1. The van der Waals surface area contributed by atoms with E-state index in [1.807, 2.05) is 0 Å². The number of carbonyl (C=O) groups excluding carboxylic acids is 2. The molecule has 2 aliphatic heterocycles. The Morgan fingerprint density at radius 3 is 2.50 bits per heavy atom. The fraction of sp³-hybridized carbons (Fsp3) is 0.391. The minimum atomic E-state index is -3.92. The zero-order valence-corrected chi connectivity index (χ0v) is 18.6. The smallest absolute Gasteiger partial charge is 0.339 e. The second kappa shape index (κ2) is 8.99. The number of ether oxygens (including phenoxy) is 1. The lowest BCUT2D eigenvalue weighted by molar-refractivity contribution is -0.123. The van der Waals surface area contributed by atoms with Gasteiger partial charge in [0.05, 0.1) is 17.6 Å². The van der Waals surface area contributed by atoms with Crippen LogP contribution in [-0.2, 0) is 26.0 Å². The van der Waals surface area contributed by atoms with Gasteiger partial charge in [-0.15, -0.1) is 0 Å². The highest BCUT2D eigenvalue weighted by Gasteiger charge is 2.36. The van der Waals surface area contributed by atoms with E-state index >= 15 is 0 Å². The molecule has 0 spiro atoms. The SMILES string of the molecule is COC(=O)c1ccccc1S(=O)(=O)N1CCC(C(=O)N2CCCc3ccc(F)cc32)CC1. The summed E-state index contributed by atoms with van der Waals surface area (Å²) in [4.78, 5) is 26.8. The number of anilines is 1. The van der Waals surface area contributed by atoms with Crippen molar-refractivity contribution >= 4 is 27.6 Å². The third-order valence-corrected chi connectivity index (χ3v) is 8.10. The lowest BCUT2D eigenvalue weighted by Crippen LogP contribution is -2.46. The Kier molecular flexibility index (Phi) is 6.30. The van der Waals surface area contributed by atoms with Gasteiger partial charge in [-0.1, -0.05) is 18.2 Å². The highest BCUT2D eigenvalue weighted by atomic mass is 32.2. The van der Waals surface area contributed by atoms with Crippen LogP contribution in [0.3, 0.4) is 0 Å². The molecule has 1 amide bonds. The van der Waals surface area contributed by atoms with E-state index in [9.17, 15) is 22.4 Å². The molecule has 0 bridgehead atoms. The summed E-state index contributed by atoms with van der Waals surface area (Å²) in [6.45, 7) is 0.858. The maximum Gasteiger partial charge on any atom is 0.339 e. The molecule has 7 nitrogen and oxygen atoms in total. The number of fused-ring (bicyclic) bond motifs is 1. The van der Waals surface area contributed by atoms with Crippen molar-refractivity contribution in [2.75, 3.05) is 31.6 Å². The number of piperidine rings is 1. The Labute approximate surface area is 186 Å². The third-order valence-electron chi connectivity index (χ3n) is 6.15. The van der Waals surface area contributed by atoms with E-state index in [1.165, 1.54) is 35.7 Å². The van der Waals surface area contributed by atoms with Crippen molar-refractivity contribution in [3.8, 4) is 0 Å². The number of rotatable bonds is 4. The number of aryl methyl sites for hydroxylation is 1. The lowest BCUT2D eigenvalue weighted by Gasteiger charge is -2.36. The molecule has 4 rings (SSSR count). The number of halogens is 1. The van der Waals surface area contributed by atoms with E-state index < -0.39 is 16.0 Å². The fourth-order valence-electron chi connectivity index (χ4n) is 4.45. The van der Waals surface area contributed by atoms with Gasteiger partial charge >= 0.3 is 5.97 Å². The molecule has 0 aliphatic carbocycles. The van der Waals surface area contributed by atoms with Gasteiger partial charge in [0.25, 0.3) is 0 Å². The van der Waals surface area contributed by atoms with Crippen LogP contribution in [0.25, 0.3) is 0 Å². The molecular formula is C23H25FN2O5S. The maximum absolute atomic E-state index is 13.8. The number of hydrogen-bond donors (Lipinski definition) is 0. The van der Waals surface area contributed by atoms with E-state index in [0.29, 0.717) is 25.1 Å². The van der Waals surface area contributed by atoms with Crippen molar-refractivity contribution in [2.45, 2.75) is 30.6 Å². The minimum Gasteiger partial charge on any atom is -0.465 e. The van der Waals surface area contributed by atoms with E-state index in [0.717, 1.165) is 18.4 Å². The molecular weight excluding hydrogens is 435 g/mol. The molecule has 1 fully saturated rings. The van der Waals surface area contributed by atoms with Crippen LogP contribution in [0.2, 0.25) is 0 Å². The largest absolute Gasteiger partial charge is 0.465 e. The molecule has 0 atom stereocenters. The molecule has 170 valence electrons. The van der Waals surface area contributed by atoms with Crippen LogP contribution in [0.1, 0.15) is 35.2 Å². The number of hydrogen-bond acceptors (Lipinski definition) is 5. The molecule has 32 heavy (non-hydrogen) atoms. The molecule has 9 heteroatoms. The Hall–Kier alpha value is -2.78. The van der Waals surface area contributed by atoms with Crippen LogP contribution in [0.15, 0.2) is 47.4 Å². The van der Waals surface area contributed by atoms with Gasteiger partial charge in [0.2, 0.25) is 15.9 Å². The van der Waals surface area contributed by atoms with Gasteiger partial charge in [0.15, 0.2) is 0 Å². The van der Waals surface area contributed by atoms with Crippen molar-refractivity contribution in [3.63, 3.8) is 0 Å². The molecule has 0 saturated carbocycles. The quantitative estimate of drug-likeness (QED) is 0.655. The number of carbonyl (C=O) groups is 2. The number of benzene rings is 2. The van der Waals surface area contributed by atoms with Gasteiger partial charge in [0, 0.05) is 31.2 Å². The van der Waals surface area contributed by atoms with Crippen molar-refractivity contribution in [3.05, 3.63) is 59.4 Å². The highest BCUT2D eigenvalue weighted by molar-refractivity contribution is 7.89. The van der Waals surface area contributed by atoms with Crippen LogP contribution >= 0.6 is 0 Å². The summed E-state index contributed by atoms with van der Waals surface area (Å²) >= 11 is 0. The fourth-order valence-corrected chi connectivity index (χ4v) is 6.10. The molecule has 2 aromatic rings. The zero-order chi connectivity index (χ0) is 22.9. The van der Waals surface area contributed by atoms with Crippen molar-refractivity contribution in [1.29, 1.82) is 0 Å². The zero-order valence-electron chi connectivity index (χ0n) is 17.8. The van der Waals surface area contributed by atoms with Gasteiger partial charge < -0.3 is 9.64 Å². The molecule has 0 unspecified atom stereocenters. The first-order valence-corrected chi connectivity index (χ1v) is 12.0. The second-order valence-corrected chi connectivity index (χ2v) is 9.94. The Balaban J connectivity index is 1.49. The van der Waals surface area contributed by atoms with Crippen molar-refractivity contribution in [1.82, 2.24) is 4.31 Å². The summed E-state index contributed by atoms with van der Waals surface area (Å²) < 4.78 is 46.2. The van der Waals surface area contributed by atoms with Crippen LogP contribution in [0.5, 0.6) is 0 Å². The Bertz CT molecular complexity index is 1140. The average Bonchev–Trinajstić information content (AvgIpc) is 2.82. The second-order valence-electron chi connectivity index (χ2n) is 8.03. The predicted octanol–water partition coefficient (Wildman–Crippen LogP) is 2.99. The van der Waals surface area contributed by atoms with Gasteiger partial charge in [-0.25, -0.2) is 17.6 Å². The van der Waals surface area contributed by atoms with E-state index in [-0.39, 0.29) is 41.2 Å². The first-order valence-electron chi connectivity index (χ1n) is 10.6. The summed E-state index contributed by atoms with van der Waals surface area (Å²) in [6, 6.07) is 10.5. The molecule has 0 radical (unpaired) electrons. The van der Waals surface area contributed by atoms with Gasteiger partial charge in [0.1, 0.15) is 5.82 Å². The molecule has 0 aromatic heterocycles. The van der Waals surface area contributed by atoms with Crippen LogP contribution in [0.4, 0.5) is 10.1 Å². The van der Waals surface area contributed by atoms with Gasteiger partial charge in [-0.05, 0) is 55.5 Å². The number of sulfonamides is 1. The summed E-state index contributed by atoms with van der Waals surface area (Å²) in [5, 5.41) is 0. The molecule has 2 heterocycles. The Morgan fingerprint density at radius 2 is 1.78 bits per heavy atom. The first kappa shape index (κ1) is 22.4. The lowest BCUT2D eigenvalue weighted by atomic mass is 9.94. The van der Waals surface area contributed by atoms with Crippen molar-refractivity contribution < 1.29 is 27.1 Å². The van der Waals surface area contributed by atoms with Crippen molar-refractivity contribution in [2.24, 2.45) is 5.92 Å². The molecule has 2 aromatic carbocycles. The van der Waals surface area contributed by atoms with Crippen LogP contribution in [-0.4, -0.2) is 51.3 Å². The first-order chi connectivity index (χ1) is 15.3. The summed E-state index contributed by atoms with van der Waals surface area (Å²) in [6.07, 6.45) is 2.33. The molecule has 2 aliphatic rings. The van der Waals surface area contributed by atoms with E-state index in [2.05, 4.69) is 0 Å². The van der Waals surface area contributed by atoms with Crippen LogP contribution < -0.4 is 4.90 Å². The number of esters is 1. The van der Waals surface area contributed by atoms with E-state index in [1.54, 1.807) is 23.1 Å². The Morgan fingerprint density at radius 1 is 1.06 bits per heavy atom. The third kappa shape index (κ3) is 4.14. The minimum absolute atomic E-state index is 0.0137. The average molecular weight is 461 g/mol. The predicted molar refractivity (Wildman–Crippen MR) is 116 cm³/mol. The molecule has 1 saturated heterocycles. The summed E-state index contributed by atoms with van der Waals surface area (Å²) in [5.41, 5.74) is 1.55. The highest BCUT2D eigenvalue weighted by Crippen LogP contribution is 2.32. The van der Waals surface area contributed by atoms with Gasteiger partial charge in [-0.2, -0.15) is 4.31 Å². The maximum atomic E-state index is 13.8. The normalized spacial score (nSPS) is 17.6. The van der Waals surface area contributed by atoms with Crippen LogP contribution in [0, 0.1) is 11.7 Å². The van der Waals surface area contributed by atoms with Gasteiger partial charge in [-0.3, -0.25) is 4.79 Å². The summed E-state index contributed by atoms with van der Waals surface area (Å²) in [7, 11) is -2.72. The summed E-state index contributed by atoms with van der Waals surface area (Å²) in [5.74, 6) is -1.53. The monoisotopic (exact) mass is 460 g/mol. The molecule has 0 N–H and O–H groups in total.